The largest absolute Gasteiger partial charge is 0.316 e. The van der Waals surface area contributed by atoms with Crippen molar-refractivity contribution in [1.82, 2.24) is 9.36 Å². The minimum Gasteiger partial charge on any atom is -0.263 e. The molecule has 0 aliphatic heterocycles. The first-order valence-electron chi connectivity index (χ1n) is 9.06. The van der Waals surface area contributed by atoms with Gasteiger partial charge in [-0.3, -0.25) is 4.79 Å². The molecule has 0 atom stereocenters. The van der Waals surface area contributed by atoms with Gasteiger partial charge in [0, 0.05) is 11.6 Å². The molecule has 1 aromatic heterocycles. The molecule has 0 aliphatic rings. The van der Waals surface area contributed by atoms with Crippen LogP contribution in [0.1, 0.15) is 11.1 Å². The van der Waals surface area contributed by atoms with Gasteiger partial charge < -0.3 is 0 Å². The second-order valence-corrected chi connectivity index (χ2v) is 6.79. The van der Waals surface area contributed by atoms with Crippen LogP contribution in [0.3, 0.4) is 0 Å². The third kappa shape index (κ3) is 3.18. The maximum absolute atomic E-state index is 13.4. The van der Waals surface area contributed by atoms with Crippen LogP contribution in [0.25, 0.3) is 22.6 Å². The Bertz CT molecular complexity index is 1270. The van der Waals surface area contributed by atoms with E-state index >= 15 is 0 Å². The number of benzene rings is 3. The van der Waals surface area contributed by atoms with Gasteiger partial charge in [-0.25, -0.2) is 0 Å². The lowest BCUT2D eigenvalue weighted by Crippen LogP contribution is -2.47. The number of hydrogen-bond acceptors (Lipinski definition) is 2. The van der Waals surface area contributed by atoms with Crippen LogP contribution in [-0.2, 0) is 0 Å². The van der Waals surface area contributed by atoms with E-state index in [-0.39, 0.29) is 5.56 Å². The number of aryl methyl sites for hydroxylation is 2. The van der Waals surface area contributed by atoms with Crippen molar-refractivity contribution < 1.29 is 4.66 Å². The Hall–Kier alpha value is -3.73. The Morgan fingerprint density at radius 3 is 1.82 bits per heavy atom. The fourth-order valence-electron chi connectivity index (χ4n) is 3.30. The van der Waals surface area contributed by atoms with E-state index in [1.165, 1.54) is 10.7 Å². The molecule has 0 N–H and O–H groups in total. The van der Waals surface area contributed by atoms with Crippen LogP contribution in [0.4, 0.5) is 0 Å². The van der Waals surface area contributed by atoms with Gasteiger partial charge in [-0.1, -0.05) is 54.6 Å². The molecule has 0 amide bonds. The minimum atomic E-state index is -0.386. The molecule has 0 saturated heterocycles. The predicted molar refractivity (Wildman–Crippen MR) is 110 cm³/mol. The second-order valence-electron chi connectivity index (χ2n) is 6.79. The van der Waals surface area contributed by atoms with Gasteiger partial charge in [-0.2, -0.15) is 0 Å². The van der Waals surface area contributed by atoms with E-state index in [9.17, 15) is 9.70 Å². The molecule has 28 heavy (non-hydrogen) atoms. The topological polar surface area (TPSA) is 49.9 Å². The molecule has 3 aromatic carbocycles. The third-order valence-electron chi connectivity index (χ3n) is 4.60. The highest BCUT2D eigenvalue weighted by Gasteiger charge is 2.23. The van der Waals surface area contributed by atoms with Crippen LogP contribution in [0.2, 0.25) is 0 Å². The molecule has 4 rings (SSSR count). The minimum absolute atomic E-state index is 0.386. The van der Waals surface area contributed by atoms with E-state index in [1.54, 1.807) is 6.07 Å². The van der Waals surface area contributed by atoms with E-state index < -0.39 is 0 Å². The monoisotopic (exact) mass is 370 g/mol. The molecular weight excluding hydrogens is 350 g/mol. The Morgan fingerprint density at radius 2 is 1.25 bits per heavy atom. The van der Waals surface area contributed by atoms with Crippen LogP contribution in [0.5, 0.6) is 0 Å². The maximum Gasteiger partial charge on any atom is 0.316 e. The first-order valence-corrected chi connectivity index (χ1v) is 9.06. The molecule has 1 heterocycles. The summed E-state index contributed by atoms with van der Waals surface area (Å²) >= 11 is 0. The number of hydrogen-bond donors (Lipinski definition) is 0. The molecule has 0 radical (unpaired) electrons. The second kappa shape index (κ2) is 7.12. The molecule has 0 unspecified atom stereocenters. The SMILES string of the molecule is Cc1cccc(-n2c(-c3ccccc3)cc(=O)n(-c3cccc(C)c3)[n+]2=O)c1. The normalized spacial score (nSPS) is 10.8. The van der Waals surface area contributed by atoms with Crippen molar-refractivity contribution in [3.05, 3.63) is 111 Å². The van der Waals surface area contributed by atoms with Crippen LogP contribution in [0.15, 0.2) is 89.7 Å². The van der Waals surface area contributed by atoms with Crippen molar-refractivity contribution in [2.45, 2.75) is 13.8 Å². The average Bonchev–Trinajstić information content (AvgIpc) is 2.68. The molecule has 0 spiro atoms. The highest BCUT2D eigenvalue weighted by molar-refractivity contribution is 5.61. The van der Waals surface area contributed by atoms with Gasteiger partial charge in [0.1, 0.15) is 17.1 Å². The molecule has 0 saturated carbocycles. The summed E-state index contributed by atoms with van der Waals surface area (Å²) in [6, 6.07) is 25.9. The lowest BCUT2D eigenvalue weighted by atomic mass is 10.1. The Balaban J connectivity index is 2.10. The summed E-state index contributed by atoms with van der Waals surface area (Å²) in [6.07, 6.45) is 0. The lowest BCUT2D eigenvalue weighted by Gasteiger charge is -2.09. The van der Waals surface area contributed by atoms with Gasteiger partial charge in [0.05, 0.1) is 4.91 Å². The zero-order valence-electron chi connectivity index (χ0n) is 15.7. The molecule has 4 aromatic rings. The molecule has 0 aliphatic carbocycles. The van der Waals surface area contributed by atoms with Crippen LogP contribution in [0, 0.1) is 18.8 Å². The van der Waals surface area contributed by atoms with E-state index in [0.29, 0.717) is 21.7 Å². The highest BCUT2D eigenvalue weighted by atomic mass is 16.3. The van der Waals surface area contributed by atoms with E-state index in [4.69, 9.17) is 0 Å². The van der Waals surface area contributed by atoms with Crippen molar-refractivity contribution in [2.75, 3.05) is 0 Å². The third-order valence-corrected chi connectivity index (χ3v) is 4.60. The van der Waals surface area contributed by atoms with Gasteiger partial charge in [-0.05, 0) is 58.6 Å². The van der Waals surface area contributed by atoms with Crippen molar-refractivity contribution in [2.24, 2.45) is 0 Å². The van der Waals surface area contributed by atoms with Gasteiger partial charge in [0.15, 0.2) is 0 Å². The summed E-state index contributed by atoms with van der Waals surface area (Å²) in [4.78, 5) is 26.4. The van der Waals surface area contributed by atoms with Crippen molar-refractivity contribution in [3.63, 3.8) is 0 Å². The standard InChI is InChI=1S/C23H20N3O2/c1-17-8-6-12-20(14-17)24-22(19-10-4-3-5-11-19)16-23(27)25(26(24)28)21-13-7-9-18(2)15-21/h3-16H,1-2H3/q+1. The number of rotatable bonds is 3. The molecule has 138 valence electrons. The average molecular weight is 370 g/mol. The molecular formula is C23H20N3O2+. The highest BCUT2D eigenvalue weighted by Crippen LogP contribution is 2.20. The first-order chi connectivity index (χ1) is 13.5. The summed E-state index contributed by atoms with van der Waals surface area (Å²) in [5.41, 5.74) is 4.16. The molecule has 5 nitrogen and oxygen atoms in total. The number of aromatic nitrogens is 3. The van der Waals surface area contributed by atoms with Crippen molar-refractivity contribution in [1.29, 1.82) is 0 Å². The van der Waals surface area contributed by atoms with Crippen LogP contribution >= 0.6 is 0 Å². The Kier molecular flexibility index (Phi) is 4.49. The van der Waals surface area contributed by atoms with E-state index in [0.717, 1.165) is 21.4 Å². The summed E-state index contributed by atoms with van der Waals surface area (Å²) in [5, 5.41) is 0. The van der Waals surface area contributed by atoms with Gasteiger partial charge in [-0.15, -0.1) is 0 Å². The summed E-state index contributed by atoms with van der Waals surface area (Å²) in [5.74, 6) is 0. The van der Waals surface area contributed by atoms with E-state index in [2.05, 4.69) is 0 Å². The smallest absolute Gasteiger partial charge is 0.263 e. The van der Waals surface area contributed by atoms with Gasteiger partial charge in [0.25, 0.3) is 4.66 Å². The quantitative estimate of drug-likeness (QED) is 0.515. The zero-order chi connectivity index (χ0) is 19.7. The molecule has 0 bridgehead atoms. The zero-order valence-corrected chi connectivity index (χ0v) is 15.7. The van der Waals surface area contributed by atoms with Crippen molar-refractivity contribution >= 4 is 0 Å². The molecule has 0 fully saturated rings. The fraction of sp³-hybridized carbons (Fsp3) is 0.0870. The van der Waals surface area contributed by atoms with Gasteiger partial charge in [0.2, 0.25) is 0 Å². The molecule has 5 heteroatoms. The number of nitrogens with zero attached hydrogens (tertiary/aromatic N) is 3. The van der Waals surface area contributed by atoms with Crippen LogP contribution < -0.4 is 10.2 Å². The van der Waals surface area contributed by atoms with Crippen LogP contribution in [-0.4, -0.2) is 9.36 Å². The van der Waals surface area contributed by atoms with E-state index in [1.807, 2.05) is 86.6 Å². The Morgan fingerprint density at radius 1 is 0.679 bits per heavy atom. The first kappa shape index (κ1) is 17.7. The summed E-state index contributed by atoms with van der Waals surface area (Å²) in [6.45, 7) is 3.90. The van der Waals surface area contributed by atoms with Gasteiger partial charge >= 0.3 is 5.56 Å². The summed E-state index contributed by atoms with van der Waals surface area (Å²) < 4.78 is 3.29. The predicted octanol–water partition coefficient (Wildman–Crippen LogP) is 3.83. The fourth-order valence-corrected chi connectivity index (χ4v) is 3.30. The Labute approximate surface area is 162 Å². The lowest BCUT2D eigenvalue weighted by molar-refractivity contribution is -0.667. The summed E-state index contributed by atoms with van der Waals surface area (Å²) in [7, 11) is 0. The van der Waals surface area contributed by atoms with Crippen molar-refractivity contribution in [3.8, 4) is 22.6 Å². The maximum atomic E-state index is 13.4.